The molecule has 0 aromatic carbocycles. The first kappa shape index (κ1) is 15.2. The Morgan fingerprint density at radius 2 is 1.76 bits per heavy atom. The minimum Gasteiger partial charge on any atom is -0.411 e. The highest BCUT2D eigenvalue weighted by molar-refractivity contribution is 6.74. The van der Waals surface area contributed by atoms with Gasteiger partial charge in [0, 0.05) is 5.92 Å². The minimum atomic E-state index is -1.79. The summed E-state index contributed by atoms with van der Waals surface area (Å²) in [6.45, 7) is 15.5. The normalized spacial score (nSPS) is 35.3. The molecule has 1 aliphatic heterocycles. The second-order valence-corrected chi connectivity index (χ2v) is 11.5. The molecule has 4 atom stereocenters. The summed E-state index contributed by atoms with van der Waals surface area (Å²) in [6.07, 6.45) is 0.0481. The maximum Gasteiger partial charge on any atom is 0.192 e. The molecule has 0 saturated carbocycles. The zero-order valence-electron chi connectivity index (χ0n) is 12.3. The van der Waals surface area contributed by atoms with Gasteiger partial charge in [-0.1, -0.05) is 27.7 Å². The van der Waals surface area contributed by atoms with E-state index in [2.05, 4.69) is 47.7 Å². The van der Waals surface area contributed by atoms with Gasteiger partial charge in [-0.3, -0.25) is 0 Å². The number of hydrogen-bond donors (Lipinski definition) is 1. The zero-order chi connectivity index (χ0) is 13.4. The largest absolute Gasteiger partial charge is 0.411 e. The maximum atomic E-state index is 9.38. The Morgan fingerprint density at radius 1 is 1.24 bits per heavy atom. The molecule has 1 fully saturated rings. The van der Waals surface area contributed by atoms with Crippen molar-refractivity contribution in [3.63, 3.8) is 0 Å². The molecule has 0 aliphatic carbocycles. The first-order valence-corrected chi connectivity index (χ1v) is 9.45. The monoisotopic (exact) mass is 260 g/mol. The molecule has 0 bridgehead atoms. The Hall–Kier alpha value is 0.0969. The van der Waals surface area contributed by atoms with Crippen LogP contribution in [0.4, 0.5) is 0 Å². The molecular formula is C13H28O3Si. The van der Waals surface area contributed by atoms with E-state index in [9.17, 15) is 5.11 Å². The topological polar surface area (TPSA) is 38.7 Å². The van der Waals surface area contributed by atoms with Crippen LogP contribution in [0.5, 0.6) is 0 Å². The summed E-state index contributed by atoms with van der Waals surface area (Å²) in [5, 5.41) is 9.58. The summed E-state index contributed by atoms with van der Waals surface area (Å²) in [4.78, 5) is 0. The predicted octanol–water partition coefficient (Wildman–Crippen LogP) is 2.79. The Bertz CT molecular complexity index is 260. The van der Waals surface area contributed by atoms with Crippen LogP contribution in [0.25, 0.3) is 0 Å². The van der Waals surface area contributed by atoms with Crippen molar-refractivity contribution in [3.8, 4) is 0 Å². The van der Waals surface area contributed by atoms with Crippen molar-refractivity contribution in [2.75, 3.05) is 6.61 Å². The molecule has 1 aliphatic rings. The lowest BCUT2D eigenvalue weighted by molar-refractivity contribution is -0.0138. The average molecular weight is 260 g/mol. The van der Waals surface area contributed by atoms with Gasteiger partial charge in [0.2, 0.25) is 0 Å². The Kier molecular flexibility index (Phi) is 4.45. The summed E-state index contributed by atoms with van der Waals surface area (Å²) in [7, 11) is -1.79. The second kappa shape index (κ2) is 5.00. The van der Waals surface area contributed by atoms with Gasteiger partial charge in [-0.25, -0.2) is 0 Å². The zero-order valence-corrected chi connectivity index (χ0v) is 13.3. The minimum absolute atomic E-state index is 0.0379. The number of aliphatic hydroxyl groups excluding tert-OH is 1. The fraction of sp³-hybridized carbons (Fsp3) is 1.00. The van der Waals surface area contributed by atoms with Crippen molar-refractivity contribution in [3.05, 3.63) is 0 Å². The van der Waals surface area contributed by atoms with Gasteiger partial charge < -0.3 is 14.3 Å². The van der Waals surface area contributed by atoms with E-state index in [-0.39, 0.29) is 30.0 Å². The van der Waals surface area contributed by atoms with Crippen molar-refractivity contribution in [2.24, 2.45) is 5.92 Å². The smallest absolute Gasteiger partial charge is 0.192 e. The van der Waals surface area contributed by atoms with E-state index in [1.165, 1.54) is 0 Å². The van der Waals surface area contributed by atoms with Crippen LogP contribution in [0.2, 0.25) is 18.1 Å². The standard InChI is InChI=1S/C13H28O3Si/c1-9-10(2)15-11(8-14)12(9)16-17(6,7)13(3,4)5/h9-12,14H,8H2,1-7H3/t9?,10-,11+,12+/m0/s1. The van der Waals surface area contributed by atoms with Crippen LogP contribution in [0.3, 0.4) is 0 Å². The summed E-state index contributed by atoms with van der Waals surface area (Å²) in [6, 6.07) is 0. The van der Waals surface area contributed by atoms with Crippen LogP contribution in [-0.4, -0.2) is 38.3 Å². The van der Waals surface area contributed by atoms with Crippen molar-refractivity contribution in [2.45, 2.75) is 71.1 Å². The molecule has 0 spiro atoms. The molecule has 1 saturated heterocycles. The molecule has 1 unspecified atom stereocenters. The van der Waals surface area contributed by atoms with Crippen LogP contribution >= 0.6 is 0 Å². The van der Waals surface area contributed by atoms with Gasteiger partial charge in [0.05, 0.1) is 18.8 Å². The van der Waals surface area contributed by atoms with Gasteiger partial charge in [-0.2, -0.15) is 0 Å². The van der Waals surface area contributed by atoms with Crippen LogP contribution < -0.4 is 0 Å². The van der Waals surface area contributed by atoms with E-state index < -0.39 is 8.32 Å². The van der Waals surface area contributed by atoms with Gasteiger partial charge in [-0.05, 0) is 25.1 Å². The van der Waals surface area contributed by atoms with Crippen LogP contribution in [0, 0.1) is 5.92 Å². The number of ether oxygens (including phenoxy) is 1. The summed E-state index contributed by atoms with van der Waals surface area (Å²) in [5.74, 6) is 0.348. The van der Waals surface area contributed by atoms with E-state index in [1.807, 2.05) is 0 Å². The molecule has 0 amide bonds. The molecule has 0 radical (unpaired) electrons. The van der Waals surface area contributed by atoms with Gasteiger partial charge in [-0.15, -0.1) is 0 Å². The fourth-order valence-corrected chi connectivity index (χ4v) is 3.33. The highest BCUT2D eigenvalue weighted by atomic mass is 28.4. The fourth-order valence-electron chi connectivity index (χ4n) is 1.93. The van der Waals surface area contributed by atoms with E-state index in [0.29, 0.717) is 5.92 Å². The molecule has 102 valence electrons. The van der Waals surface area contributed by atoms with Crippen molar-refractivity contribution >= 4 is 8.32 Å². The maximum absolute atomic E-state index is 9.38. The summed E-state index contributed by atoms with van der Waals surface area (Å²) in [5.41, 5.74) is 0. The summed E-state index contributed by atoms with van der Waals surface area (Å²) >= 11 is 0. The first-order chi connectivity index (χ1) is 7.60. The first-order valence-electron chi connectivity index (χ1n) is 6.54. The molecule has 1 N–H and O–H groups in total. The third kappa shape index (κ3) is 3.11. The molecule has 0 aromatic rings. The lowest BCUT2D eigenvalue weighted by Gasteiger charge is -2.40. The third-order valence-corrected chi connectivity index (χ3v) is 8.91. The molecule has 0 aromatic heterocycles. The number of rotatable bonds is 3. The highest BCUT2D eigenvalue weighted by Gasteiger charge is 2.46. The molecule has 1 rings (SSSR count). The van der Waals surface area contributed by atoms with E-state index in [0.717, 1.165) is 0 Å². The SMILES string of the molecule is CC1[C@H](C)O[C@H](CO)[C@@H]1O[Si](C)(C)C(C)(C)C. The quantitative estimate of drug-likeness (QED) is 0.793. The van der Waals surface area contributed by atoms with Gasteiger partial charge in [0.1, 0.15) is 6.10 Å². The van der Waals surface area contributed by atoms with Gasteiger partial charge in [0.15, 0.2) is 8.32 Å². The number of aliphatic hydroxyl groups is 1. The molecule has 4 heteroatoms. The Labute approximate surface area is 107 Å². The second-order valence-electron chi connectivity index (χ2n) is 6.76. The number of hydrogen-bond acceptors (Lipinski definition) is 3. The average Bonchev–Trinajstić information content (AvgIpc) is 2.43. The van der Waals surface area contributed by atoms with Crippen LogP contribution in [-0.2, 0) is 9.16 Å². The highest BCUT2D eigenvalue weighted by Crippen LogP contribution is 2.40. The van der Waals surface area contributed by atoms with Gasteiger partial charge >= 0.3 is 0 Å². The van der Waals surface area contributed by atoms with E-state index in [1.54, 1.807) is 0 Å². The van der Waals surface area contributed by atoms with Crippen LogP contribution in [0.1, 0.15) is 34.6 Å². The van der Waals surface area contributed by atoms with Crippen LogP contribution in [0.15, 0.2) is 0 Å². The van der Waals surface area contributed by atoms with E-state index in [4.69, 9.17) is 9.16 Å². The molecule has 3 nitrogen and oxygen atoms in total. The molecule has 17 heavy (non-hydrogen) atoms. The van der Waals surface area contributed by atoms with E-state index >= 15 is 0 Å². The lowest BCUT2D eigenvalue weighted by Crippen LogP contribution is -2.48. The van der Waals surface area contributed by atoms with Crippen molar-refractivity contribution in [1.29, 1.82) is 0 Å². The van der Waals surface area contributed by atoms with Gasteiger partial charge in [0.25, 0.3) is 0 Å². The molecule has 1 heterocycles. The molecular weight excluding hydrogens is 232 g/mol. The van der Waals surface area contributed by atoms with Crippen molar-refractivity contribution < 1.29 is 14.3 Å². The third-order valence-electron chi connectivity index (χ3n) is 4.43. The predicted molar refractivity (Wildman–Crippen MR) is 72.7 cm³/mol. The Balaban J connectivity index is 2.79. The lowest BCUT2D eigenvalue weighted by atomic mass is 10.00. The summed E-state index contributed by atoms with van der Waals surface area (Å²) < 4.78 is 12.1. The Morgan fingerprint density at radius 3 is 2.18 bits per heavy atom. The van der Waals surface area contributed by atoms with Crippen molar-refractivity contribution in [1.82, 2.24) is 0 Å².